The van der Waals surface area contributed by atoms with Crippen LogP contribution in [0.4, 0.5) is 0 Å². The molecule has 0 aliphatic rings. The summed E-state index contributed by atoms with van der Waals surface area (Å²) in [6, 6.07) is 43.8. The normalized spacial score (nSPS) is 11.8. The van der Waals surface area contributed by atoms with Crippen LogP contribution in [-0.4, -0.2) is 15.0 Å². The van der Waals surface area contributed by atoms with Crippen LogP contribution < -0.4 is 0 Å². The third kappa shape index (κ3) is 3.57. The molecule has 4 nitrogen and oxygen atoms in total. The van der Waals surface area contributed by atoms with E-state index in [1.807, 2.05) is 42.5 Å². The quantitative estimate of drug-likeness (QED) is 0.218. The van der Waals surface area contributed by atoms with E-state index >= 15 is 0 Å². The van der Waals surface area contributed by atoms with Gasteiger partial charge in [0.05, 0.1) is 0 Å². The Morgan fingerprint density at radius 3 is 1.93 bits per heavy atom. The van der Waals surface area contributed by atoms with E-state index in [0.717, 1.165) is 44.0 Å². The van der Waals surface area contributed by atoms with E-state index in [4.69, 9.17) is 19.4 Å². The van der Waals surface area contributed by atoms with Gasteiger partial charge in [-0.2, -0.15) is 0 Å². The fourth-order valence-electron chi connectivity index (χ4n) is 5.99. The first-order chi connectivity index (χ1) is 20.8. The van der Waals surface area contributed by atoms with Crippen LogP contribution in [0.1, 0.15) is 0 Å². The third-order valence-corrected chi connectivity index (χ3v) is 9.05. The highest BCUT2D eigenvalue weighted by atomic mass is 32.1. The average molecular weight is 556 g/mol. The Bertz CT molecular complexity index is 2480. The van der Waals surface area contributed by atoms with Crippen molar-refractivity contribution < 1.29 is 4.42 Å². The summed E-state index contributed by atoms with van der Waals surface area (Å²) in [6.45, 7) is 0. The van der Waals surface area contributed by atoms with E-state index in [1.54, 1.807) is 11.3 Å². The molecule has 0 aliphatic carbocycles. The van der Waals surface area contributed by atoms with Gasteiger partial charge in [0.2, 0.25) is 0 Å². The van der Waals surface area contributed by atoms with E-state index in [9.17, 15) is 0 Å². The van der Waals surface area contributed by atoms with Gasteiger partial charge in [0, 0.05) is 47.6 Å². The zero-order chi connectivity index (χ0) is 27.6. The zero-order valence-corrected chi connectivity index (χ0v) is 23.1. The number of hydrogen-bond acceptors (Lipinski definition) is 5. The van der Waals surface area contributed by atoms with Crippen molar-refractivity contribution in [1.29, 1.82) is 0 Å². The van der Waals surface area contributed by atoms with Crippen LogP contribution in [-0.2, 0) is 0 Å². The van der Waals surface area contributed by atoms with E-state index in [0.29, 0.717) is 17.5 Å². The number of hydrogen-bond donors (Lipinski definition) is 0. The summed E-state index contributed by atoms with van der Waals surface area (Å²) >= 11 is 1.79. The molecule has 6 aromatic carbocycles. The van der Waals surface area contributed by atoms with Gasteiger partial charge in [-0.25, -0.2) is 15.0 Å². The van der Waals surface area contributed by atoms with Gasteiger partial charge in [0.15, 0.2) is 17.5 Å². The molecule has 0 bridgehead atoms. The Morgan fingerprint density at radius 1 is 0.452 bits per heavy atom. The maximum absolute atomic E-state index is 6.38. The second-order valence-electron chi connectivity index (χ2n) is 10.4. The second kappa shape index (κ2) is 9.06. The Balaban J connectivity index is 1.36. The zero-order valence-electron chi connectivity index (χ0n) is 22.3. The van der Waals surface area contributed by atoms with Crippen molar-refractivity contribution in [2.75, 3.05) is 0 Å². The molecule has 0 aliphatic heterocycles. The maximum atomic E-state index is 6.38. The summed E-state index contributed by atoms with van der Waals surface area (Å²) < 4.78 is 8.84. The fourth-order valence-corrected chi connectivity index (χ4v) is 7.12. The van der Waals surface area contributed by atoms with Gasteiger partial charge in [-0.3, -0.25) is 0 Å². The molecule has 196 valence electrons. The van der Waals surface area contributed by atoms with E-state index in [-0.39, 0.29) is 0 Å². The summed E-state index contributed by atoms with van der Waals surface area (Å²) in [7, 11) is 0. The standard InChI is InChI=1S/C37H21N3OS/c1-2-10-22(11-3-1)35-38-36(40-37(39-35)27-16-9-19-32-34(27)25-14-6-7-18-31(25)42-32)26-15-8-17-29-33(26)28-20-23-12-4-5-13-24(23)21-30(28)41-29/h1-21H. The molecule has 0 N–H and O–H groups in total. The minimum Gasteiger partial charge on any atom is -0.456 e. The van der Waals surface area contributed by atoms with Crippen molar-refractivity contribution in [3.05, 3.63) is 127 Å². The van der Waals surface area contributed by atoms with Gasteiger partial charge in [-0.05, 0) is 41.1 Å². The van der Waals surface area contributed by atoms with Gasteiger partial charge in [-0.15, -0.1) is 11.3 Å². The molecule has 5 heteroatoms. The van der Waals surface area contributed by atoms with Crippen LogP contribution in [0.3, 0.4) is 0 Å². The van der Waals surface area contributed by atoms with Gasteiger partial charge >= 0.3 is 0 Å². The first-order valence-electron chi connectivity index (χ1n) is 13.9. The molecule has 3 aromatic heterocycles. The minimum atomic E-state index is 0.622. The summed E-state index contributed by atoms with van der Waals surface area (Å²) in [5, 5.41) is 6.76. The lowest BCUT2D eigenvalue weighted by Gasteiger charge is -2.10. The topological polar surface area (TPSA) is 51.8 Å². The molecule has 0 amide bonds. The molecule has 9 aromatic rings. The molecule has 9 rings (SSSR count). The third-order valence-electron chi connectivity index (χ3n) is 7.92. The van der Waals surface area contributed by atoms with Gasteiger partial charge < -0.3 is 4.42 Å². The fraction of sp³-hybridized carbons (Fsp3) is 0. The number of furan rings is 1. The van der Waals surface area contributed by atoms with Gasteiger partial charge in [0.25, 0.3) is 0 Å². The molecule has 0 spiro atoms. The van der Waals surface area contributed by atoms with Crippen molar-refractivity contribution in [3.8, 4) is 34.2 Å². The van der Waals surface area contributed by atoms with E-state index in [2.05, 4.69) is 84.9 Å². The van der Waals surface area contributed by atoms with Crippen LogP contribution in [0.25, 0.3) is 87.0 Å². The Kier molecular flexibility index (Phi) is 5.03. The van der Waals surface area contributed by atoms with Crippen molar-refractivity contribution in [1.82, 2.24) is 15.0 Å². The molecule has 0 atom stereocenters. The SMILES string of the molecule is c1ccc(-c2nc(-c3cccc4oc5cc6ccccc6cc5c34)nc(-c3cccc4sc5ccccc5c34)n2)cc1. The number of fused-ring (bicyclic) bond motifs is 7. The lowest BCUT2D eigenvalue weighted by molar-refractivity contribution is 0.669. The second-order valence-corrected chi connectivity index (χ2v) is 11.5. The molecular formula is C37H21N3OS. The molecule has 3 heterocycles. The summed E-state index contributed by atoms with van der Waals surface area (Å²) in [6.07, 6.45) is 0. The summed E-state index contributed by atoms with van der Waals surface area (Å²) in [4.78, 5) is 15.3. The first kappa shape index (κ1) is 23.3. The average Bonchev–Trinajstić information content (AvgIpc) is 3.61. The molecular weight excluding hydrogens is 534 g/mol. The van der Waals surface area contributed by atoms with Crippen LogP contribution in [0.2, 0.25) is 0 Å². The van der Waals surface area contributed by atoms with Crippen LogP contribution in [0.15, 0.2) is 132 Å². The lowest BCUT2D eigenvalue weighted by Crippen LogP contribution is -2.00. The smallest absolute Gasteiger partial charge is 0.164 e. The molecule has 0 radical (unpaired) electrons. The number of thiophene rings is 1. The predicted molar refractivity (Wildman–Crippen MR) is 174 cm³/mol. The number of rotatable bonds is 3. The van der Waals surface area contributed by atoms with Crippen molar-refractivity contribution in [2.24, 2.45) is 0 Å². The molecule has 42 heavy (non-hydrogen) atoms. The largest absolute Gasteiger partial charge is 0.456 e. The van der Waals surface area contributed by atoms with E-state index < -0.39 is 0 Å². The minimum absolute atomic E-state index is 0.622. The molecule has 0 saturated heterocycles. The van der Waals surface area contributed by atoms with Crippen molar-refractivity contribution >= 4 is 64.2 Å². The number of benzene rings is 6. The highest BCUT2D eigenvalue weighted by molar-refractivity contribution is 7.25. The highest BCUT2D eigenvalue weighted by Crippen LogP contribution is 2.41. The Morgan fingerprint density at radius 2 is 1.10 bits per heavy atom. The molecule has 0 saturated carbocycles. The van der Waals surface area contributed by atoms with Gasteiger partial charge in [0.1, 0.15) is 11.2 Å². The van der Waals surface area contributed by atoms with Crippen molar-refractivity contribution in [3.63, 3.8) is 0 Å². The Hall–Kier alpha value is -5.39. The van der Waals surface area contributed by atoms with Crippen LogP contribution in [0, 0.1) is 0 Å². The summed E-state index contributed by atoms with van der Waals surface area (Å²) in [5.74, 6) is 1.92. The summed E-state index contributed by atoms with van der Waals surface area (Å²) in [5.41, 5.74) is 4.53. The Labute approximate surface area is 244 Å². The van der Waals surface area contributed by atoms with Crippen LogP contribution in [0.5, 0.6) is 0 Å². The monoisotopic (exact) mass is 555 g/mol. The lowest BCUT2D eigenvalue weighted by atomic mass is 10.0. The predicted octanol–water partition coefficient (Wildman–Crippen LogP) is 10.3. The number of aromatic nitrogens is 3. The van der Waals surface area contributed by atoms with E-state index in [1.165, 1.54) is 25.6 Å². The van der Waals surface area contributed by atoms with Gasteiger partial charge in [-0.1, -0.05) is 97.1 Å². The molecule has 0 fully saturated rings. The van der Waals surface area contributed by atoms with Crippen LogP contribution >= 0.6 is 11.3 Å². The molecule has 0 unspecified atom stereocenters. The van der Waals surface area contributed by atoms with Crippen molar-refractivity contribution in [2.45, 2.75) is 0 Å². The maximum Gasteiger partial charge on any atom is 0.164 e. The number of nitrogens with zero attached hydrogens (tertiary/aromatic N) is 3. The first-order valence-corrected chi connectivity index (χ1v) is 14.7. The highest BCUT2D eigenvalue weighted by Gasteiger charge is 2.20.